The number of ether oxygens (including phenoxy) is 1. The Balaban J connectivity index is 1.93. The van der Waals surface area contributed by atoms with Crippen molar-refractivity contribution in [1.82, 2.24) is 15.0 Å². The maximum Gasteiger partial charge on any atom is 0.165 e. The Kier molecular flexibility index (Phi) is 5.09. The summed E-state index contributed by atoms with van der Waals surface area (Å²) in [4.78, 5) is 13.3. The van der Waals surface area contributed by atoms with Gasteiger partial charge in [-0.3, -0.25) is 4.98 Å². The number of H-pyrrole nitrogens is 1. The molecule has 0 spiro atoms. The molecule has 4 rings (SSSR count). The molecule has 2 aromatic heterocycles. The number of fused-ring (bicyclic) bond motifs is 1. The second-order valence-electron chi connectivity index (χ2n) is 7.86. The predicted molar refractivity (Wildman–Crippen MR) is 110 cm³/mol. The van der Waals surface area contributed by atoms with E-state index in [9.17, 15) is 4.39 Å². The number of hydrogen-bond acceptors (Lipinski definition) is 3. The van der Waals surface area contributed by atoms with Gasteiger partial charge in [0.2, 0.25) is 0 Å². The highest BCUT2D eigenvalue weighted by atomic mass is 19.1. The first-order valence-electron chi connectivity index (χ1n) is 10.3. The highest BCUT2D eigenvalue weighted by molar-refractivity contribution is 5.91. The van der Waals surface area contributed by atoms with Crippen LogP contribution in [0.4, 0.5) is 4.39 Å². The van der Waals surface area contributed by atoms with Crippen molar-refractivity contribution in [1.29, 1.82) is 0 Å². The van der Waals surface area contributed by atoms with Crippen LogP contribution in [0.5, 0.6) is 5.75 Å². The van der Waals surface area contributed by atoms with Gasteiger partial charge >= 0.3 is 0 Å². The number of imidazole rings is 1. The summed E-state index contributed by atoms with van der Waals surface area (Å²) in [5.74, 6) is 2.00. The fraction of sp³-hybridized carbons (Fsp3) is 0.478. The highest BCUT2D eigenvalue weighted by Crippen LogP contribution is 2.45. The number of nitrogens with one attached hydrogen (secondary N) is 1. The fourth-order valence-corrected chi connectivity index (χ4v) is 4.13. The van der Waals surface area contributed by atoms with Gasteiger partial charge in [-0.25, -0.2) is 9.37 Å². The fourth-order valence-electron chi connectivity index (χ4n) is 4.13. The molecule has 0 saturated heterocycles. The topological polar surface area (TPSA) is 50.8 Å². The van der Waals surface area contributed by atoms with Crippen molar-refractivity contribution < 1.29 is 9.13 Å². The second-order valence-corrected chi connectivity index (χ2v) is 7.86. The molecule has 1 fully saturated rings. The van der Waals surface area contributed by atoms with Crippen LogP contribution in [0.25, 0.3) is 22.3 Å². The average molecular weight is 381 g/mol. The first-order valence-corrected chi connectivity index (χ1v) is 10.3. The largest absolute Gasteiger partial charge is 0.494 e. The lowest BCUT2D eigenvalue weighted by Gasteiger charge is -2.17. The number of rotatable bonds is 7. The third kappa shape index (κ3) is 3.38. The van der Waals surface area contributed by atoms with Crippen molar-refractivity contribution in [2.45, 2.75) is 58.8 Å². The summed E-state index contributed by atoms with van der Waals surface area (Å²) in [6, 6.07) is 5.44. The van der Waals surface area contributed by atoms with Crippen LogP contribution >= 0.6 is 0 Å². The number of aryl methyl sites for hydroxylation is 2. The van der Waals surface area contributed by atoms with Crippen LogP contribution in [-0.4, -0.2) is 22.1 Å². The van der Waals surface area contributed by atoms with Crippen LogP contribution in [0.15, 0.2) is 18.2 Å². The molecule has 148 valence electrons. The van der Waals surface area contributed by atoms with Gasteiger partial charge in [0.15, 0.2) is 11.6 Å². The van der Waals surface area contributed by atoms with Crippen molar-refractivity contribution in [3.8, 4) is 17.0 Å². The number of halogens is 1. The Morgan fingerprint density at radius 1 is 1.21 bits per heavy atom. The molecule has 0 aliphatic heterocycles. The molecule has 3 aromatic rings. The summed E-state index contributed by atoms with van der Waals surface area (Å²) in [6.45, 7) is 6.27. The molecule has 0 bridgehead atoms. The SMILES string of the molecule is CCCC(c1cc2[nH]c(CC)nc2c(-c2cc(F)c(OC)cc2C)n1)C1CC1. The Bertz CT molecular complexity index is 1010. The quantitative estimate of drug-likeness (QED) is 0.551. The normalized spacial score (nSPS) is 15.2. The third-order valence-electron chi connectivity index (χ3n) is 5.80. The van der Waals surface area contributed by atoms with Gasteiger partial charge in [0.1, 0.15) is 11.3 Å². The number of aromatic amines is 1. The summed E-state index contributed by atoms with van der Waals surface area (Å²) in [6.07, 6.45) is 5.64. The molecule has 1 atom stereocenters. The van der Waals surface area contributed by atoms with E-state index in [4.69, 9.17) is 14.7 Å². The maximum atomic E-state index is 14.5. The van der Waals surface area contributed by atoms with Crippen LogP contribution < -0.4 is 4.74 Å². The van der Waals surface area contributed by atoms with Crippen molar-refractivity contribution in [2.24, 2.45) is 5.92 Å². The minimum atomic E-state index is -0.373. The van der Waals surface area contributed by atoms with E-state index >= 15 is 0 Å². The van der Waals surface area contributed by atoms with Gasteiger partial charge in [0, 0.05) is 23.6 Å². The lowest BCUT2D eigenvalue weighted by molar-refractivity contribution is 0.386. The van der Waals surface area contributed by atoms with E-state index < -0.39 is 0 Å². The molecule has 1 unspecified atom stereocenters. The zero-order chi connectivity index (χ0) is 19.8. The van der Waals surface area contributed by atoms with Crippen molar-refractivity contribution >= 4 is 11.0 Å². The lowest BCUT2D eigenvalue weighted by Crippen LogP contribution is -2.05. The number of aromatic nitrogens is 3. The van der Waals surface area contributed by atoms with E-state index in [2.05, 4.69) is 24.9 Å². The van der Waals surface area contributed by atoms with Crippen molar-refractivity contribution in [3.05, 3.63) is 41.1 Å². The lowest BCUT2D eigenvalue weighted by atomic mass is 9.93. The van der Waals surface area contributed by atoms with Gasteiger partial charge in [0.25, 0.3) is 0 Å². The third-order valence-corrected chi connectivity index (χ3v) is 5.80. The van der Waals surface area contributed by atoms with E-state index in [1.54, 1.807) is 6.07 Å². The van der Waals surface area contributed by atoms with Gasteiger partial charge in [-0.2, -0.15) is 0 Å². The number of methoxy groups -OCH3 is 1. The van der Waals surface area contributed by atoms with Crippen LogP contribution in [0.2, 0.25) is 0 Å². The zero-order valence-corrected chi connectivity index (χ0v) is 17.1. The van der Waals surface area contributed by atoms with Gasteiger partial charge in [-0.1, -0.05) is 20.3 Å². The van der Waals surface area contributed by atoms with Crippen LogP contribution in [0.3, 0.4) is 0 Å². The predicted octanol–water partition coefficient (Wildman–Crippen LogP) is 5.94. The summed E-state index contributed by atoms with van der Waals surface area (Å²) in [5, 5.41) is 0. The van der Waals surface area contributed by atoms with E-state index in [-0.39, 0.29) is 11.6 Å². The number of hydrogen-bond donors (Lipinski definition) is 1. The van der Waals surface area contributed by atoms with E-state index in [1.807, 2.05) is 6.92 Å². The Morgan fingerprint density at radius 3 is 2.64 bits per heavy atom. The molecule has 1 aliphatic carbocycles. The smallest absolute Gasteiger partial charge is 0.165 e. The van der Waals surface area contributed by atoms with Gasteiger partial charge in [-0.15, -0.1) is 0 Å². The van der Waals surface area contributed by atoms with E-state index in [1.165, 1.54) is 26.0 Å². The molecule has 1 aliphatic rings. The number of nitrogens with zero attached hydrogens (tertiary/aromatic N) is 2. The van der Waals surface area contributed by atoms with Crippen molar-refractivity contribution in [2.75, 3.05) is 7.11 Å². The van der Waals surface area contributed by atoms with Crippen LogP contribution in [0.1, 0.15) is 62.5 Å². The van der Waals surface area contributed by atoms with Gasteiger partial charge in [-0.05, 0) is 55.9 Å². The Hall–Kier alpha value is -2.43. The Morgan fingerprint density at radius 2 is 2.00 bits per heavy atom. The van der Waals surface area contributed by atoms with E-state index in [0.717, 1.165) is 64.6 Å². The molecule has 1 aromatic carbocycles. The molecule has 1 N–H and O–H groups in total. The molecule has 2 heterocycles. The molecule has 4 nitrogen and oxygen atoms in total. The first-order chi connectivity index (χ1) is 13.5. The van der Waals surface area contributed by atoms with E-state index in [0.29, 0.717) is 5.92 Å². The second kappa shape index (κ2) is 7.53. The molecule has 1 saturated carbocycles. The van der Waals surface area contributed by atoms with Gasteiger partial charge < -0.3 is 9.72 Å². The first kappa shape index (κ1) is 18.9. The molecule has 0 radical (unpaired) electrons. The summed E-state index contributed by atoms with van der Waals surface area (Å²) < 4.78 is 19.7. The molecular weight excluding hydrogens is 353 g/mol. The number of pyridine rings is 1. The minimum absolute atomic E-state index is 0.256. The van der Waals surface area contributed by atoms with Crippen molar-refractivity contribution in [3.63, 3.8) is 0 Å². The molecule has 5 heteroatoms. The van der Waals surface area contributed by atoms with Gasteiger partial charge in [0.05, 0.1) is 18.3 Å². The maximum absolute atomic E-state index is 14.5. The monoisotopic (exact) mass is 381 g/mol. The average Bonchev–Trinajstić information content (AvgIpc) is 3.44. The van der Waals surface area contributed by atoms with Crippen LogP contribution in [-0.2, 0) is 6.42 Å². The Labute approximate surface area is 165 Å². The summed E-state index contributed by atoms with van der Waals surface area (Å²) in [7, 11) is 1.49. The zero-order valence-electron chi connectivity index (χ0n) is 17.1. The molecule has 0 amide bonds. The standard InChI is InChI=1S/C23H28FN3O/c1-5-7-15(14-8-9-14)18-12-19-23(27-21(6-2)25-19)22(26-18)16-11-17(24)20(28-4)10-13(16)3/h10-12,14-15H,5-9H2,1-4H3,(H,25,27). The molecular formula is C23H28FN3O. The van der Waals surface area contributed by atoms with Crippen LogP contribution in [0, 0.1) is 18.7 Å². The summed E-state index contributed by atoms with van der Waals surface area (Å²) in [5.41, 5.74) is 5.40. The minimum Gasteiger partial charge on any atom is -0.494 e. The summed E-state index contributed by atoms with van der Waals surface area (Å²) >= 11 is 0. The highest BCUT2D eigenvalue weighted by Gasteiger charge is 2.33. The number of benzene rings is 1. The molecule has 28 heavy (non-hydrogen) atoms.